The first-order valence-electron chi connectivity index (χ1n) is 5.10. The quantitative estimate of drug-likeness (QED) is 0.697. The summed E-state index contributed by atoms with van der Waals surface area (Å²) in [6.45, 7) is 0. The van der Waals surface area contributed by atoms with E-state index in [1.54, 1.807) is 23.5 Å². The van der Waals surface area contributed by atoms with Crippen molar-refractivity contribution >= 4 is 39.8 Å². The summed E-state index contributed by atoms with van der Waals surface area (Å²) in [5, 5.41) is 5.52. The number of carbonyl (C=O) groups is 4. The van der Waals surface area contributed by atoms with Gasteiger partial charge >= 0.3 is 12.1 Å². The molecule has 0 aliphatic rings. The zero-order valence-electron chi connectivity index (χ0n) is 9.60. The Kier molecular flexibility index (Phi) is 5.68. The van der Waals surface area contributed by atoms with Crippen molar-refractivity contribution < 1.29 is 19.2 Å². The fourth-order valence-electron chi connectivity index (χ4n) is 1.09. The predicted molar refractivity (Wildman–Crippen MR) is 69.8 cm³/mol. The molecule has 100 valence electrons. The van der Waals surface area contributed by atoms with Gasteiger partial charge in [0.25, 0.3) is 5.91 Å². The summed E-state index contributed by atoms with van der Waals surface area (Å²) in [4.78, 5) is 44.8. The lowest BCUT2D eigenvalue weighted by Gasteiger charge is -2.05. The van der Waals surface area contributed by atoms with Gasteiger partial charge in [-0.15, -0.1) is 0 Å². The summed E-state index contributed by atoms with van der Waals surface area (Å²) in [6.07, 6.45) is 0. The highest BCUT2D eigenvalue weighted by Gasteiger charge is 2.13. The van der Waals surface area contributed by atoms with Crippen LogP contribution in [-0.4, -0.2) is 29.2 Å². The molecule has 1 aromatic carbocycles. The van der Waals surface area contributed by atoms with E-state index in [2.05, 4.69) is 15.9 Å². The number of amides is 6. The minimum atomic E-state index is -1.02. The van der Waals surface area contributed by atoms with Crippen molar-refractivity contribution in [1.29, 1.82) is 0 Å². The summed E-state index contributed by atoms with van der Waals surface area (Å²) in [6, 6.07) is 5.98. The van der Waals surface area contributed by atoms with Gasteiger partial charge in [0.15, 0.2) is 0 Å². The Morgan fingerprint density at radius 3 is 2.05 bits per heavy atom. The zero-order valence-corrected chi connectivity index (χ0v) is 11.2. The summed E-state index contributed by atoms with van der Waals surface area (Å²) in [5.74, 6) is -1.27. The lowest BCUT2D eigenvalue weighted by Crippen LogP contribution is -2.48. The largest absolute Gasteiger partial charge is 0.329 e. The number of carbonyl (C=O) groups excluding carboxylic acids is 4. The van der Waals surface area contributed by atoms with Gasteiger partial charge in [-0.1, -0.05) is 34.1 Å². The van der Waals surface area contributed by atoms with Crippen LogP contribution in [0.25, 0.3) is 0 Å². The molecule has 1 rings (SSSR count). The van der Waals surface area contributed by atoms with Crippen LogP contribution in [0.15, 0.2) is 30.3 Å². The fraction of sp³-hybridized carbons (Fsp3) is 0.0909. The zero-order chi connectivity index (χ0) is 14.3. The van der Waals surface area contributed by atoms with E-state index in [0.29, 0.717) is 0 Å². The fourth-order valence-corrected chi connectivity index (χ4v) is 1.23. The number of alkyl halides is 1. The van der Waals surface area contributed by atoms with E-state index in [4.69, 9.17) is 0 Å². The molecule has 0 aliphatic carbocycles. The molecule has 6 amide bonds. The first-order valence-corrected chi connectivity index (χ1v) is 6.22. The summed E-state index contributed by atoms with van der Waals surface area (Å²) < 4.78 is 0. The van der Waals surface area contributed by atoms with E-state index in [0.717, 1.165) is 0 Å². The van der Waals surface area contributed by atoms with Crippen molar-refractivity contribution in [2.24, 2.45) is 0 Å². The van der Waals surface area contributed by atoms with E-state index >= 15 is 0 Å². The van der Waals surface area contributed by atoms with Gasteiger partial charge in [-0.05, 0) is 12.1 Å². The lowest BCUT2D eigenvalue weighted by molar-refractivity contribution is -0.117. The average Bonchev–Trinajstić information content (AvgIpc) is 2.39. The van der Waals surface area contributed by atoms with Crippen LogP contribution in [-0.2, 0) is 4.79 Å². The minimum absolute atomic E-state index is 0.0784. The molecule has 0 aliphatic heterocycles. The smallest absolute Gasteiger partial charge is 0.277 e. The van der Waals surface area contributed by atoms with Gasteiger partial charge in [-0.25, -0.2) is 9.59 Å². The standard InChI is InChI=1S/C11H10BrN3O4/c12-6-8(16)13-10(18)15-11(19)14-9(17)7-4-2-1-3-5-7/h1-5H,6H2,(H3,13,14,15,16,17,18,19). The van der Waals surface area contributed by atoms with Crippen LogP contribution in [0.5, 0.6) is 0 Å². The molecule has 0 heterocycles. The summed E-state index contributed by atoms with van der Waals surface area (Å²) >= 11 is 2.83. The third kappa shape index (κ3) is 5.30. The number of imide groups is 3. The van der Waals surface area contributed by atoms with Gasteiger partial charge in [-0.2, -0.15) is 0 Å². The molecule has 3 N–H and O–H groups in total. The maximum Gasteiger partial charge on any atom is 0.329 e. The second-order valence-electron chi connectivity index (χ2n) is 3.29. The maximum absolute atomic E-state index is 11.5. The molecule has 19 heavy (non-hydrogen) atoms. The van der Waals surface area contributed by atoms with E-state index < -0.39 is 23.9 Å². The minimum Gasteiger partial charge on any atom is -0.277 e. The molecule has 0 fully saturated rings. The van der Waals surface area contributed by atoms with Crippen molar-refractivity contribution in [3.8, 4) is 0 Å². The van der Waals surface area contributed by atoms with Gasteiger partial charge in [-0.3, -0.25) is 25.5 Å². The van der Waals surface area contributed by atoms with Gasteiger partial charge in [0.1, 0.15) is 0 Å². The van der Waals surface area contributed by atoms with Crippen LogP contribution in [0.4, 0.5) is 9.59 Å². The molecule has 0 bridgehead atoms. The van der Waals surface area contributed by atoms with Crippen LogP contribution in [0, 0.1) is 0 Å². The first kappa shape index (κ1) is 14.8. The molecule has 0 saturated heterocycles. The number of nitrogens with one attached hydrogen (secondary N) is 3. The summed E-state index contributed by atoms with van der Waals surface area (Å²) in [7, 11) is 0. The van der Waals surface area contributed by atoms with Crippen molar-refractivity contribution in [2.45, 2.75) is 0 Å². The molecule has 0 saturated carbocycles. The second kappa shape index (κ2) is 7.27. The Bertz CT molecular complexity index is 504. The lowest BCUT2D eigenvalue weighted by atomic mass is 10.2. The molecule has 1 aromatic rings. The van der Waals surface area contributed by atoms with Gasteiger partial charge < -0.3 is 0 Å². The molecule has 0 aromatic heterocycles. The van der Waals surface area contributed by atoms with E-state index in [-0.39, 0.29) is 10.9 Å². The highest BCUT2D eigenvalue weighted by atomic mass is 79.9. The molecule has 0 atom stereocenters. The number of hydrogen-bond acceptors (Lipinski definition) is 4. The SMILES string of the molecule is O=C(CBr)NC(=O)NC(=O)NC(=O)c1ccccc1. The van der Waals surface area contributed by atoms with Gasteiger partial charge in [0, 0.05) is 5.56 Å². The predicted octanol–water partition coefficient (Wildman–Crippen LogP) is 0.757. The Hall–Kier alpha value is -2.22. The first-order chi connectivity index (χ1) is 9.02. The molecule has 8 heteroatoms. The topological polar surface area (TPSA) is 104 Å². The van der Waals surface area contributed by atoms with Crippen molar-refractivity contribution in [2.75, 3.05) is 5.33 Å². The van der Waals surface area contributed by atoms with Crippen LogP contribution < -0.4 is 16.0 Å². The van der Waals surface area contributed by atoms with Crippen LogP contribution in [0.2, 0.25) is 0 Å². The molecule has 7 nitrogen and oxygen atoms in total. The molecular weight excluding hydrogens is 318 g/mol. The number of rotatable bonds is 2. The molecule has 0 spiro atoms. The Morgan fingerprint density at radius 1 is 0.895 bits per heavy atom. The monoisotopic (exact) mass is 327 g/mol. The Labute approximate surface area is 116 Å². The number of halogens is 1. The van der Waals surface area contributed by atoms with E-state index in [1.165, 1.54) is 12.1 Å². The third-order valence-electron chi connectivity index (χ3n) is 1.86. The highest BCUT2D eigenvalue weighted by molar-refractivity contribution is 9.09. The van der Waals surface area contributed by atoms with E-state index in [9.17, 15) is 19.2 Å². The highest BCUT2D eigenvalue weighted by Crippen LogP contribution is 1.97. The van der Waals surface area contributed by atoms with Crippen molar-refractivity contribution in [3.63, 3.8) is 0 Å². The second-order valence-corrected chi connectivity index (χ2v) is 3.85. The van der Waals surface area contributed by atoms with Crippen LogP contribution >= 0.6 is 15.9 Å². The van der Waals surface area contributed by atoms with Crippen molar-refractivity contribution in [3.05, 3.63) is 35.9 Å². The normalized spacial score (nSPS) is 9.32. The number of benzene rings is 1. The number of hydrogen-bond donors (Lipinski definition) is 3. The Balaban J connectivity index is 2.46. The summed E-state index contributed by atoms with van der Waals surface area (Å²) in [5.41, 5.74) is 0.273. The number of urea groups is 2. The van der Waals surface area contributed by atoms with Crippen LogP contribution in [0.1, 0.15) is 10.4 Å². The molecule has 0 unspecified atom stereocenters. The van der Waals surface area contributed by atoms with E-state index in [1.807, 2.05) is 10.6 Å². The van der Waals surface area contributed by atoms with Crippen LogP contribution in [0.3, 0.4) is 0 Å². The molecular formula is C11H10BrN3O4. The van der Waals surface area contributed by atoms with Crippen molar-refractivity contribution in [1.82, 2.24) is 16.0 Å². The maximum atomic E-state index is 11.5. The average molecular weight is 328 g/mol. The third-order valence-corrected chi connectivity index (χ3v) is 2.37. The van der Waals surface area contributed by atoms with Gasteiger partial charge in [0.05, 0.1) is 5.33 Å². The Morgan fingerprint density at radius 2 is 1.47 bits per heavy atom. The molecule has 0 radical (unpaired) electrons. The van der Waals surface area contributed by atoms with Gasteiger partial charge in [0.2, 0.25) is 5.91 Å².